The van der Waals surface area contributed by atoms with Crippen LogP contribution in [-0.2, 0) is 14.3 Å². The van der Waals surface area contributed by atoms with Gasteiger partial charge in [-0.1, -0.05) is 0 Å². The van der Waals surface area contributed by atoms with Gasteiger partial charge in [-0.05, 0) is 40.5 Å². The first kappa shape index (κ1) is 17.8. The molecule has 0 aromatic heterocycles. The van der Waals surface area contributed by atoms with E-state index in [2.05, 4.69) is 5.32 Å². The second kappa shape index (κ2) is 7.64. The van der Waals surface area contributed by atoms with E-state index in [1.807, 2.05) is 27.7 Å². The van der Waals surface area contributed by atoms with Gasteiger partial charge in [0.2, 0.25) is 5.91 Å². The van der Waals surface area contributed by atoms with Crippen LogP contribution in [0, 0.1) is 5.92 Å². The highest BCUT2D eigenvalue weighted by Crippen LogP contribution is 2.19. The molecule has 1 N–H and O–H groups in total. The fourth-order valence-electron chi connectivity index (χ4n) is 2.34. The molecule has 6 heteroatoms. The molecule has 0 aromatic rings. The average Bonchev–Trinajstić information content (AvgIpc) is 2.37. The number of rotatable bonds is 4. The number of hydrogen-bond acceptors (Lipinski definition) is 4. The van der Waals surface area contributed by atoms with Gasteiger partial charge in [-0.25, -0.2) is 4.79 Å². The molecule has 1 saturated heterocycles. The lowest BCUT2D eigenvalue weighted by Crippen LogP contribution is -2.48. The predicted octanol–water partition coefficient (Wildman–Crippen LogP) is 1.78. The van der Waals surface area contributed by atoms with Gasteiger partial charge in [-0.2, -0.15) is 0 Å². The summed E-state index contributed by atoms with van der Waals surface area (Å²) in [5.41, 5.74) is -0.515. The first-order valence-corrected chi connectivity index (χ1v) is 7.50. The maximum atomic E-state index is 12.2. The summed E-state index contributed by atoms with van der Waals surface area (Å²) < 4.78 is 10.4. The van der Waals surface area contributed by atoms with Crippen LogP contribution in [0.3, 0.4) is 0 Å². The van der Waals surface area contributed by atoms with Crippen molar-refractivity contribution in [3.63, 3.8) is 0 Å². The van der Waals surface area contributed by atoms with Crippen molar-refractivity contribution in [2.75, 3.05) is 26.8 Å². The van der Waals surface area contributed by atoms with E-state index in [4.69, 9.17) is 9.47 Å². The number of likely N-dealkylation sites (tertiary alicyclic amines) is 1. The molecule has 1 heterocycles. The molecule has 1 aliphatic heterocycles. The third-order valence-corrected chi connectivity index (χ3v) is 3.25. The van der Waals surface area contributed by atoms with Gasteiger partial charge in [0.05, 0.1) is 12.5 Å². The number of methoxy groups -OCH3 is 1. The van der Waals surface area contributed by atoms with Crippen LogP contribution in [0.15, 0.2) is 0 Å². The van der Waals surface area contributed by atoms with Crippen molar-refractivity contribution in [1.29, 1.82) is 0 Å². The van der Waals surface area contributed by atoms with Crippen LogP contribution in [0.25, 0.3) is 0 Å². The smallest absolute Gasteiger partial charge is 0.410 e. The van der Waals surface area contributed by atoms with E-state index in [9.17, 15) is 9.59 Å². The third kappa shape index (κ3) is 6.33. The monoisotopic (exact) mass is 300 g/mol. The SMILES string of the molecule is COCC(C)NC(=O)C1CCCN(C(=O)OC(C)(C)C)C1. The number of piperidine rings is 1. The largest absolute Gasteiger partial charge is 0.444 e. The van der Waals surface area contributed by atoms with E-state index in [1.165, 1.54) is 0 Å². The number of hydrogen-bond donors (Lipinski definition) is 1. The molecular weight excluding hydrogens is 272 g/mol. The Morgan fingerprint density at radius 3 is 2.62 bits per heavy atom. The van der Waals surface area contributed by atoms with Crippen LogP contribution < -0.4 is 5.32 Å². The van der Waals surface area contributed by atoms with Crippen molar-refractivity contribution in [2.45, 2.75) is 52.2 Å². The molecule has 1 rings (SSSR count). The Kier molecular flexibility index (Phi) is 6.45. The van der Waals surface area contributed by atoms with Crippen molar-refractivity contribution < 1.29 is 19.1 Å². The van der Waals surface area contributed by atoms with E-state index >= 15 is 0 Å². The van der Waals surface area contributed by atoms with Crippen molar-refractivity contribution >= 4 is 12.0 Å². The van der Waals surface area contributed by atoms with Gasteiger partial charge in [0.25, 0.3) is 0 Å². The standard InChI is InChI=1S/C15H28N2O4/c1-11(10-20-5)16-13(18)12-7-6-8-17(9-12)14(19)21-15(2,3)4/h11-12H,6-10H2,1-5H3,(H,16,18). The van der Waals surface area contributed by atoms with Crippen molar-refractivity contribution in [3.8, 4) is 0 Å². The summed E-state index contributed by atoms with van der Waals surface area (Å²) >= 11 is 0. The van der Waals surface area contributed by atoms with E-state index < -0.39 is 5.60 Å². The lowest BCUT2D eigenvalue weighted by atomic mass is 9.97. The van der Waals surface area contributed by atoms with Crippen LogP contribution in [0.1, 0.15) is 40.5 Å². The average molecular weight is 300 g/mol. The summed E-state index contributed by atoms with van der Waals surface area (Å²) in [6.45, 7) is 8.96. The van der Waals surface area contributed by atoms with Crippen LogP contribution >= 0.6 is 0 Å². The molecule has 6 nitrogen and oxygen atoms in total. The molecule has 0 radical (unpaired) electrons. The van der Waals surface area contributed by atoms with Crippen LogP contribution in [0.5, 0.6) is 0 Å². The summed E-state index contributed by atoms with van der Waals surface area (Å²) in [6.07, 6.45) is 1.27. The van der Waals surface area contributed by atoms with Crippen LogP contribution in [-0.4, -0.2) is 55.3 Å². The highest BCUT2D eigenvalue weighted by Gasteiger charge is 2.31. The highest BCUT2D eigenvalue weighted by atomic mass is 16.6. The summed E-state index contributed by atoms with van der Waals surface area (Å²) in [7, 11) is 1.60. The second-order valence-electron chi connectivity index (χ2n) is 6.63. The first-order valence-electron chi connectivity index (χ1n) is 7.50. The zero-order chi connectivity index (χ0) is 16.0. The van der Waals surface area contributed by atoms with E-state index in [1.54, 1.807) is 12.0 Å². The van der Waals surface area contributed by atoms with Gasteiger partial charge in [0.15, 0.2) is 0 Å². The molecule has 2 unspecified atom stereocenters. The minimum atomic E-state index is -0.515. The molecule has 21 heavy (non-hydrogen) atoms. The van der Waals surface area contributed by atoms with Gasteiger partial charge in [0.1, 0.15) is 5.60 Å². The molecule has 0 spiro atoms. The predicted molar refractivity (Wildman–Crippen MR) is 80.0 cm³/mol. The molecule has 1 fully saturated rings. The minimum Gasteiger partial charge on any atom is -0.444 e. The fourth-order valence-corrected chi connectivity index (χ4v) is 2.34. The molecule has 0 saturated carbocycles. The number of carbonyl (C=O) groups is 2. The van der Waals surface area contributed by atoms with Gasteiger partial charge < -0.3 is 19.7 Å². The lowest BCUT2D eigenvalue weighted by Gasteiger charge is -2.33. The molecule has 0 aromatic carbocycles. The van der Waals surface area contributed by atoms with Gasteiger partial charge in [-0.15, -0.1) is 0 Å². The van der Waals surface area contributed by atoms with Gasteiger partial charge in [0, 0.05) is 26.2 Å². The van der Waals surface area contributed by atoms with E-state index in [0.717, 1.165) is 12.8 Å². The fraction of sp³-hybridized carbons (Fsp3) is 0.867. The Morgan fingerprint density at radius 2 is 2.05 bits per heavy atom. The quantitative estimate of drug-likeness (QED) is 0.859. The topological polar surface area (TPSA) is 67.9 Å². The van der Waals surface area contributed by atoms with Crippen molar-refractivity contribution in [1.82, 2.24) is 10.2 Å². The summed E-state index contributed by atoms with van der Waals surface area (Å²) in [6, 6.07) is -0.0283. The highest BCUT2D eigenvalue weighted by molar-refractivity contribution is 5.80. The zero-order valence-corrected chi connectivity index (χ0v) is 13.8. The molecule has 2 atom stereocenters. The number of carbonyl (C=O) groups excluding carboxylic acids is 2. The Morgan fingerprint density at radius 1 is 1.38 bits per heavy atom. The number of nitrogens with zero attached hydrogens (tertiary/aromatic N) is 1. The van der Waals surface area contributed by atoms with E-state index in [-0.39, 0.29) is 24.0 Å². The number of ether oxygens (including phenoxy) is 2. The second-order valence-corrected chi connectivity index (χ2v) is 6.63. The maximum absolute atomic E-state index is 12.2. The third-order valence-electron chi connectivity index (χ3n) is 3.25. The minimum absolute atomic E-state index is 0.0205. The van der Waals surface area contributed by atoms with E-state index in [0.29, 0.717) is 19.7 Å². The number of nitrogens with one attached hydrogen (secondary N) is 1. The van der Waals surface area contributed by atoms with Crippen LogP contribution in [0.4, 0.5) is 4.79 Å². The normalized spacial score (nSPS) is 20.8. The van der Waals surface area contributed by atoms with Crippen molar-refractivity contribution in [3.05, 3.63) is 0 Å². The first-order chi connectivity index (χ1) is 9.73. The molecular formula is C15H28N2O4. The summed E-state index contributed by atoms with van der Waals surface area (Å²) in [5.74, 6) is -0.196. The van der Waals surface area contributed by atoms with Crippen molar-refractivity contribution in [2.24, 2.45) is 5.92 Å². The molecule has 1 aliphatic rings. The molecule has 122 valence electrons. The Labute approximate surface area is 127 Å². The lowest BCUT2D eigenvalue weighted by molar-refractivity contribution is -0.127. The Hall–Kier alpha value is -1.30. The molecule has 2 amide bonds. The zero-order valence-electron chi connectivity index (χ0n) is 13.8. The Balaban J connectivity index is 2.51. The van der Waals surface area contributed by atoms with Gasteiger partial charge in [-0.3, -0.25) is 4.79 Å². The van der Waals surface area contributed by atoms with Crippen LogP contribution in [0.2, 0.25) is 0 Å². The van der Waals surface area contributed by atoms with Gasteiger partial charge >= 0.3 is 6.09 Å². The summed E-state index contributed by atoms with van der Waals surface area (Å²) in [4.78, 5) is 25.9. The Bertz CT molecular complexity index is 365. The molecule has 0 aliphatic carbocycles. The molecule has 0 bridgehead atoms. The summed E-state index contributed by atoms with van der Waals surface area (Å²) in [5, 5.41) is 2.92. The number of amides is 2. The maximum Gasteiger partial charge on any atom is 0.410 e.